The molecule has 0 aliphatic rings. The first-order valence-corrected chi connectivity index (χ1v) is 4.80. The third-order valence-corrected chi connectivity index (χ3v) is 2.23. The van der Waals surface area contributed by atoms with E-state index in [2.05, 4.69) is 9.72 Å². The summed E-state index contributed by atoms with van der Waals surface area (Å²) in [6.45, 7) is 1.01. The summed E-state index contributed by atoms with van der Waals surface area (Å²) in [7, 11) is 0. The third-order valence-electron chi connectivity index (χ3n) is 1.89. The number of hydrogen-bond donors (Lipinski definition) is 1. The molecule has 1 aromatic rings. The Balaban J connectivity index is 2.82. The summed E-state index contributed by atoms with van der Waals surface area (Å²) < 4.78 is 41.2. The maximum absolute atomic E-state index is 12.2. The van der Waals surface area contributed by atoms with Crippen molar-refractivity contribution in [1.82, 2.24) is 4.98 Å². The van der Waals surface area contributed by atoms with Crippen LogP contribution in [0.5, 0.6) is 5.88 Å². The molecule has 3 nitrogen and oxygen atoms in total. The van der Waals surface area contributed by atoms with Crippen LogP contribution in [0.4, 0.5) is 13.2 Å². The molecule has 0 saturated heterocycles. The van der Waals surface area contributed by atoms with Crippen LogP contribution in [0.25, 0.3) is 0 Å². The van der Waals surface area contributed by atoms with Crippen molar-refractivity contribution in [3.05, 3.63) is 22.8 Å². The maximum atomic E-state index is 12.2. The number of pyridine rings is 1. The Hall–Kier alpha value is -1.01. The van der Waals surface area contributed by atoms with Gasteiger partial charge in [-0.1, -0.05) is 11.6 Å². The number of alkyl halides is 3. The SMILES string of the molecule is CC(Oc1cc(CN)c(Cl)cn1)C(F)(F)F. The van der Waals surface area contributed by atoms with Crippen LogP contribution >= 0.6 is 11.6 Å². The van der Waals surface area contributed by atoms with Crippen LogP contribution in [-0.4, -0.2) is 17.3 Å². The van der Waals surface area contributed by atoms with E-state index in [4.69, 9.17) is 17.3 Å². The topological polar surface area (TPSA) is 48.1 Å². The number of rotatable bonds is 3. The highest BCUT2D eigenvalue weighted by atomic mass is 35.5. The first-order chi connectivity index (χ1) is 7.34. The van der Waals surface area contributed by atoms with Crippen molar-refractivity contribution in [3.8, 4) is 5.88 Å². The second-order valence-electron chi connectivity index (χ2n) is 3.12. The Morgan fingerprint density at radius 2 is 2.19 bits per heavy atom. The van der Waals surface area contributed by atoms with Gasteiger partial charge in [-0.3, -0.25) is 0 Å². The standard InChI is InChI=1S/C9H10ClF3N2O/c1-5(9(11,12)13)16-8-2-6(3-14)7(10)4-15-8/h2,4-5H,3,14H2,1H3. The van der Waals surface area contributed by atoms with Gasteiger partial charge in [0.15, 0.2) is 6.10 Å². The van der Waals surface area contributed by atoms with Gasteiger partial charge in [-0.25, -0.2) is 4.98 Å². The highest BCUT2D eigenvalue weighted by Crippen LogP contribution is 2.25. The highest BCUT2D eigenvalue weighted by molar-refractivity contribution is 6.31. The molecule has 1 heterocycles. The molecule has 90 valence electrons. The fraction of sp³-hybridized carbons (Fsp3) is 0.444. The largest absolute Gasteiger partial charge is 0.465 e. The van der Waals surface area contributed by atoms with Crippen LogP contribution < -0.4 is 10.5 Å². The zero-order valence-corrected chi connectivity index (χ0v) is 9.14. The van der Waals surface area contributed by atoms with Gasteiger partial charge in [-0.15, -0.1) is 0 Å². The number of nitrogens with two attached hydrogens (primary N) is 1. The molecule has 1 unspecified atom stereocenters. The van der Waals surface area contributed by atoms with Crippen LogP contribution in [0.1, 0.15) is 12.5 Å². The molecule has 0 aliphatic heterocycles. The molecule has 0 radical (unpaired) electrons. The Kier molecular flexibility index (Phi) is 3.98. The van der Waals surface area contributed by atoms with Crippen molar-refractivity contribution in [3.63, 3.8) is 0 Å². The second-order valence-corrected chi connectivity index (χ2v) is 3.53. The Bertz CT molecular complexity index is 370. The molecule has 1 aromatic heterocycles. The van der Waals surface area contributed by atoms with E-state index >= 15 is 0 Å². The maximum Gasteiger partial charge on any atom is 0.425 e. The molecule has 0 saturated carbocycles. The molecule has 0 aliphatic carbocycles. The first-order valence-electron chi connectivity index (χ1n) is 4.42. The van der Waals surface area contributed by atoms with Gasteiger partial charge < -0.3 is 10.5 Å². The van der Waals surface area contributed by atoms with Crippen LogP contribution in [0.3, 0.4) is 0 Å². The summed E-state index contributed by atoms with van der Waals surface area (Å²) in [6.07, 6.45) is -5.14. The zero-order valence-electron chi connectivity index (χ0n) is 8.38. The normalized spacial score (nSPS) is 13.6. The fourth-order valence-electron chi connectivity index (χ4n) is 0.927. The van der Waals surface area contributed by atoms with Gasteiger partial charge in [-0.2, -0.15) is 13.2 Å². The zero-order chi connectivity index (χ0) is 12.3. The summed E-state index contributed by atoms with van der Waals surface area (Å²) in [6, 6.07) is 1.30. The van der Waals surface area contributed by atoms with Crippen LogP contribution in [0.15, 0.2) is 12.3 Å². The van der Waals surface area contributed by atoms with E-state index in [1.54, 1.807) is 0 Å². The van der Waals surface area contributed by atoms with Crippen molar-refractivity contribution in [2.45, 2.75) is 25.7 Å². The van der Waals surface area contributed by atoms with Crippen LogP contribution in [0, 0.1) is 0 Å². The molecule has 16 heavy (non-hydrogen) atoms. The lowest BCUT2D eigenvalue weighted by atomic mass is 10.2. The van der Waals surface area contributed by atoms with E-state index in [0.717, 1.165) is 6.92 Å². The lowest BCUT2D eigenvalue weighted by molar-refractivity contribution is -0.189. The molecule has 2 N–H and O–H groups in total. The van der Waals surface area contributed by atoms with Gasteiger partial charge in [0.25, 0.3) is 0 Å². The highest BCUT2D eigenvalue weighted by Gasteiger charge is 2.38. The molecule has 1 atom stereocenters. The predicted octanol–water partition coefficient (Wildman–Crippen LogP) is 2.52. The van der Waals surface area contributed by atoms with Crippen molar-refractivity contribution >= 4 is 11.6 Å². The summed E-state index contributed by atoms with van der Waals surface area (Å²) in [5.41, 5.74) is 5.83. The minimum atomic E-state index is -4.43. The summed E-state index contributed by atoms with van der Waals surface area (Å²) in [5, 5.41) is 0.300. The van der Waals surface area contributed by atoms with Crippen molar-refractivity contribution in [2.24, 2.45) is 5.73 Å². The molecule has 0 amide bonds. The van der Waals surface area contributed by atoms with E-state index < -0.39 is 12.3 Å². The molecule has 1 rings (SSSR count). The molecular weight excluding hydrogens is 245 g/mol. The van der Waals surface area contributed by atoms with Gasteiger partial charge in [0.2, 0.25) is 5.88 Å². The van der Waals surface area contributed by atoms with Crippen molar-refractivity contribution < 1.29 is 17.9 Å². The average Bonchev–Trinajstić information content (AvgIpc) is 2.19. The molecule has 0 spiro atoms. The second kappa shape index (κ2) is 4.88. The average molecular weight is 255 g/mol. The lowest BCUT2D eigenvalue weighted by Crippen LogP contribution is -2.31. The van der Waals surface area contributed by atoms with Gasteiger partial charge in [-0.05, 0) is 12.5 Å². The summed E-state index contributed by atoms with van der Waals surface area (Å²) in [5.74, 6) is -0.144. The minimum absolute atomic E-state index is 0.109. The van der Waals surface area contributed by atoms with Crippen LogP contribution in [-0.2, 0) is 6.54 Å². The van der Waals surface area contributed by atoms with E-state index in [1.165, 1.54) is 12.3 Å². The lowest BCUT2D eigenvalue weighted by Gasteiger charge is -2.17. The number of nitrogens with zero attached hydrogens (tertiary/aromatic N) is 1. The predicted molar refractivity (Wildman–Crippen MR) is 53.3 cm³/mol. The van der Waals surface area contributed by atoms with Crippen LogP contribution in [0.2, 0.25) is 5.02 Å². The molecule has 0 bridgehead atoms. The van der Waals surface area contributed by atoms with E-state index in [1.807, 2.05) is 0 Å². The Labute approximate surface area is 95.4 Å². The number of aromatic nitrogens is 1. The Morgan fingerprint density at radius 3 is 2.69 bits per heavy atom. The van der Waals surface area contributed by atoms with Gasteiger partial charge in [0.05, 0.1) is 5.02 Å². The fourth-order valence-corrected chi connectivity index (χ4v) is 1.11. The first kappa shape index (κ1) is 13.1. The smallest absolute Gasteiger partial charge is 0.425 e. The summed E-state index contributed by atoms with van der Waals surface area (Å²) in [4.78, 5) is 3.63. The minimum Gasteiger partial charge on any atom is -0.465 e. The monoisotopic (exact) mass is 254 g/mol. The van der Waals surface area contributed by atoms with Crippen molar-refractivity contribution in [1.29, 1.82) is 0 Å². The van der Waals surface area contributed by atoms with Gasteiger partial charge in [0, 0.05) is 18.8 Å². The molecular formula is C9H10ClF3N2O. The molecule has 0 fully saturated rings. The van der Waals surface area contributed by atoms with E-state index in [9.17, 15) is 13.2 Å². The van der Waals surface area contributed by atoms with E-state index in [0.29, 0.717) is 10.6 Å². The summed E-state index contributed by atoms with van der Waals surface area (Å²) >= 11 is 5.70. The van der Waals surface area contributed by atoms with E-state index in [-0.39, 0.29) is 12.4 Å². The Morgan fingerprint density at radius 1 is 1.56 bits per heavy atom. The molecule has 0 aromatic carbocycles. The number of hydrogen-bond acceptors (Lipinski definition) is 3. The quantitative estimate of drug-likeness (QED) is 0.902. The third kappa shape index (κ3) is 3.24. The van der Waals surface area contributed by atoms with Gasteiger partial charge in [0.1, 0.15) is 0 Å². The van der Waals surface area contributed by atoms with Crippen molar-refractivity contribution in [2.75, 3.05) is 0 Å². The number of ether oxygens (including phenoxy) is 1. The molecule has 7 heteroatoms. The number of halogens is 4. The van der Waals surface area contributed by atoms with Gasteiger partial charge >= 0.3 is 6.18 Å².